The molecule has 0 unspecified atom stereocenters. The summed E-state index contributed by atoms with van der Waals surface area (Å²) in [7, 11) is -2.42. The molecule has 9 heteroatoms. The SMILES string of the molecule is Cc1nn(C)c(NS(=O)(=O)c2cc(C#N)ccc2Cl)c1N. The predicted octanol–water partition coefficient (Wildman–Crippen LogP) is 1.64. The maximum Gasteiger partial charge on any atom is 0.264 e. The van der Waals surface area contributed by atoms with Gasteiger partial charge >= 0.3 is 0 Å². The first-order valence-electron chi connectivity index (χ1n) is 5.78. The maximum atomic E-state index is 12.4. The van der Waals surface area contributed by atoms with E-state index in [1.165, 1.54) is 22.9 Å². The van der Waals surface area contributed by atoms with Gasteiger partial charge in [0.15, 0.2) is 5.82 Å². The van der Waals surface area contributed by atoms with Crippen LogP contribution in [0.1, 0.15) is 11.3 Å². The monoisotopic (exact) mass is 325 g/mol. The fraction of sp³-hybridized carbons (Fsp3) is 0.167. The van der Waals surface area contributed by atoms with E-state index in [2.05, 4.69) is 9.82 Å². The molecule has 0 aliphatic rings. The molecule has 0 spiro atoms. The van der Waals surface area contributed by atoms with Crippen LogP contribution in [-0.2, 0) is 17.1 Å². The second-order valence-corrected chi connectivity index (χ2v) is 6.39. The summed E-state index contributed by atoms with van der Waals surface area (Å²) in [5.41, 5.74) is 6.71. The van der Waals surface area contributed by atoms with Crippen LogP contribution in [0, 0.1) is 18.3 Å². The van der Waals surface area contributed by atoms with Gasteiger partial charge in [0, 0.05) is 7.05 Å². The predicted molar refractivity (Wildman–Crippen MR) is 79.3 cm³/mol. The van der Waals surface area contributed by atoms with Crippen LogP contribution in [0.25, 0.3) is 0 Å². The lowest BCUT2D eigenvalue weighted by molar-refractivity contribution is 0.600. The van der Waals surface area contributed by atoms with E-state index in [0.29, 0.717) is 5.69 Å². The maximum absolute atomic E-state index is 12.4. The number of sulfonamides is 1. The number of aromatic nitrogens is 2. The number of aryl methyl sites for hydroxylation is 2. The largest absolute Gasteiger partial charge is 0.394 e. The quantitative estimate of drug-likeness (QED) is 0.890. The van der Waals surface area contributed by atoms with E-state index in [-0.39, 0.29) is 27.0 Å². The molecule has 0 fully saturated rings. The lowest BCUT2D eigenvalue weighted by Gasteiger charge is -2.10. The van der Waals surface area contributed by atoms with Crippen LogP contribution >= 0.6 is 11.6 Å². The van der Waals surface area contributed by atoms with Crippen molar-refractivity contribution in [2.45, 2.75) is 11.8 Å². The Bertz CT molecular complexity index is 851. The number of hydrogen-bond acceptors (Lipinski definition) is 5. The zero-order chi connectivity index (χ0) is 15.8. The van der Waals surface area contributed by atoms with E-state index in [1.807, 2.05) is 6.07 Å². The zero-order valence-electron chi connectivity index (χ0n) is 11.3. The van der Waals surface area contributed by atoms with Crippen LogP contribution in [0.15, 0.2) is 23.1 Å². The third-order valence-electron chi connectivity index (χ3n) is 2.85. The Hall–Kier alpha value is -2.24. The van der Waals surface area contributed by atoms with Gasteiger partial charge in [0.1, 0.15) is 4.90 Å². The topological polar surface area (TPSA) is 114 Å². The summed E-state index contributed by atoms with van der Waals surface area (Å²) < 4.78 is 28.5. The van der Waals surface area contributed by atoms with Gasteiger partial charge in [-0.2, -0.15) is 10.4 Å². The summed E-state index contributed by atoms with van der Waals surface area (Å²) in [6, 6.07) is 5.85. The Morgan fingerprint density at radius 3 is 2.67 bits per heavy atom. The molecule has 0 radical (unpaired) electrons. The number of nitriles is 1. The van der Waals surface area contributed by atoms with Gasteiger partial charge in [0.05, 0.1) is 28.0 Å². The van der Waals surface area contributed by atoms with Gasteiger partial charge in [0.2, 0.25) is 0 Å². The van der Waals surface area contributed by atoms with E-state index in [9.17, 15) is 8.42 Å². The summed E-state index contributed by atoms with van der Waals surface area (Å²) in [6.07, 6.45) is 0. The number of anilines is 2. The summed E-state index contributed by atoms with van der Waals surface area (Å²) in [4.78, 5) is -0.193. The number of halogens is 1. The third kappa shape index (κ3) is 2.79. The molecular weight excluding hydrogens is 314 g/mol. The number of nitrogens with two attached hydrogens (primary N) is 1. The number of rotatable bonds is 3. The summed E-state index contributed by atoms with van der Waals surface area (Å²) in [5, 5.41) is 12.9. The molecule has 7 nitrogen and oxygen atoms in total. The van der Waals surface area contributed by atoms with Crippen molar-refractivity contribution in [3.05, 3.63) is 34.5 Å². The first kappa shape index (κ1) is 15.2. The van der Waals surface area contributed by atoms with Gasteiger partial charge in [-0.1, -0.05) is 11.6 Å². The molecule has 2 rings (SSSR count). The van der Waals surface area contributed by atoms with Crippen molar-refractivity contribution in [2.24, 2.45) is 7.05 Å². The van der Waals surface area contributed by atoms with Crippen molar-refractivity contribution in [1.82, 2.24) is 9.78 Å². The van der Waals surface area contributed by atoms with Gasteiger partial charge in [-0.15, -0.1) is 0 Å². The van der Waals surface area contributed by atoms with Gasteiger partial charge in [-0.3, -0.25) is 4.72 Å². The van der Waals surface area contributed by atoms with E-state index in [1.54, 1.807) is 14.0 Å². The lowest BCUT2D eigenvalue weighted by Crippen LogP contribution is -2.17. The molecule has 0 saturated carbocycles. The fourth-order valence-corrected chi connectivity index (χ4v) is 3.39. The van der Waals surface area contributed by atoms with Crippen molar-refractivity contribution < 1.29 is 8.42 Å². The van der Waals surface area contributed by atoms with Crippen molar-refractivity contribution >= 4 is 33.1 Å². The van der Waals surface area contributed by atoms with Crippen molar-refractivity contribution in [2.75, 3.05) is 10.5 Å². The first-order valence-corrected chi connectivity index (χ1v) is 7.64. The Kier molecular flexibility index (Phi) is 3.80. The highest BCUT2D eigenvalue weighted by molar-refractivity contribution is 7.92. The number of nitrogens with zero attached hydrogens (tertiary/aromatic N) is 3. The number of hydrogen-bond donors (Lipinski definition) is 2. The molecule has 0 saturated heterocycles. The minimum absolute atomic E-state index is 0.0129. The normalized spacial score (nSPS) is 11.1. The van der Waals surface area contributed by atoms with Gasteiger partial charge < -0.3 is 5.73 Å². The smallest absolute Gasteiger partial charge is 0.264 e. The van der Waals surface area contributed by atoms with E-state index >= 15 is 0 Å². The fourth-order valence-electron chi connectivity index (χ4n) is 1.76. The van der Waals surface area contributed by atoms with Crippen LogP contribution in [0.4, 0.5) is 11.5 Å². The van der Waals surface area contributed by atoms with Crippen LogP contribution in [-0.4, -0.2) is 18.2 Å². The molecular formula is C12H12ClN5O2S. The standard InChI is InChI=1S/C12H12ClN5O2S/c1-7-11(15)12(18(2)16-7)17-21(19,20)10-5-8(6-14)3-4-9(10)13/h3-5,17H,15H2,1-2H3. The lowest BCUT2D eigenvalue weighted by atomic mass is 10.2. The van der Waals surface area contributed by atoms with Gasteiger partial charge in [-0.25, -0.2) is 13.1 Å². The molecule has 0 amide bonds. The number of nitrogen functional groups attached to an aromatic ring is 1. The van der Waals surface area contributed by atoms with Crippen LogP contribution in [0.2, 0.25) is 5.02 Å². The second kappa shape index (κ2) is 5.27. The number of nitrogens with one attached hydrogen (secondary N) is 1. The van der Waals surface area contributed by atoms with Gasteiger partial charge in [0.25, 0.3) is 10.0 Å². The molecule has 1 aromatic heterocycles. The average molecular weight is 326 g/mol. The molecule has 110 valence electrons. The molecule has 2 aromatic rings. The van der Waals surface area contributed by atoms with E-state index in [0.717, 1.165) is 0 Å². The molecule has 0 atom stereocenters. The first-order chi connectivity index (χ1) is 9.76. The molecule has 1 heterocycles. The highest BCUT2D eigenvalue weighted by Crippen LogP contribution is 2.28. The van der Waals surface area contributed by atoms with Crippen LogP contribution < -0.4 is 10.5 Å². The van der Waals surface area contributed by atoms with Crippen molar-refractivity contribution in [3.63, 3.8) is 0 Å². The highest BCUT2D eigenvalue weighted by Gasteiger charge is 2.22. The Labute approximate surface area is 127 Å². The van der Waals surface area contributed by atoms with Crippen molar-refractivity contribution in [3.8, 4) is 6.07 Å². The summed E-state index contributed by atoms with van der Waals surface area (Å²) >= 11 is 5.91. The Morgan fingerprint density at radius 2 is 2.14 bits per heavy atom. The Balaban J connectivity index is 2.51. The average Bonchev–Trinajstić information content (AvgIpc) is 2.65. The summed E-state index contributed by atoms with van der Waals surface area (Å²) in [5.74, 6) is 0.144. The summed E-state index contributed by atoms with van der Waals surface area (Å²) in [6.45, 7) is 1.66. The molecule has 0 bridgehead atoms. The van der Waals surface area contributed by atoms with Crippen molar-refractivity contribution in [1.29, 1.82) is 5.26 Å². The van der Waals surface area contributed by atoms with Gasteiger partial charge in [-0.05, 0) is 25.1 Å². The second-order valence-electron chi connectivity index (χ2n) is 4.33. The molecule has 3 N–H and O–H groups in total. The van der Waals surface area contributed by atoms with Crippen LogP contribution in [0.3, 0.4) is 0 Å². The third-order valence-corrected chi connectivity index (χ3v) is 4.67. The number of benzene rings is 1. The highest BCUT2D eigenvalue weighted by atomic mass is 35.5. The van der Waals surface area contributed by atoms with E-state index < -0.39 is 10.0 Å². The minimum Gasteiger partial charge on any atom is -0.394 e. The zero-order valence-corrected chi connectivity index (χ0v) is 12.8. The van der Waals surface area contributed by atoms with Crippen LogP contribution in [0.5, 0.6) is 0 Å². The molecule has 0 aliphatic carbocycles. The minimum atomic E-state index is -3.98. The van der Waals surface area contributed by atoms with E-state index in [4.69, 9.17) is 22.6 Å². The molecule has 21 heavy (non-hydrogen) atoms. The molecule has 0 aliphatic heterocycles. The molecule has 1 aromatic carbocycles. The Morgan fingerprint density at radius 1 is 1.48 bits per heavy atom.